The van der Waals surface area contributed by atoms with Crippen molar-refractivity contribution in [1.29, 1.82) is 0 Å². The summed E-state index contributed by atoms with van der Waals surface area (Å²) in [4.78, 5) is 36.1. The summed E-state index contributed by atoms with van der Waals surface area (Å²) in [5.74, 6) is -0.925. The highest BCUT2D eigenvalue weighted by Gasteiger charge is 2.07. The smallest absolute Gasteiger partial charge is 0.267 e. The van der Waals surface area contributed by atoms with Crippen LogP contribution >= 0.6 is 0 Å². The van der Waals surface area contributed by atoms with Gasteiger partial charge in [-0.3, -0.25) is 19.4 Å². The summed E-state index contributed by atoms with van der Waals surface area (Å²) in [6.07, 6.45) is 2.53. The predicted molar refractivity (Wildman–Crippen MR) is 63.8 cm³/mol. The van der Waals surface area contributed by atoms with E-state index in [4.69, 9.17) is 5.73 Å². The van der Waals surface area contributed by atoms with E-state index in [1.165, 1.54) is 18.3 Å². The first kappa shape index (κ1) is 13.6. The van der Waals surface area contributed by atoms with Crippen LogP contribution in [0.15, 0.2) is 18.3 Å². The number of hydrogen-bond donors (Lipinski definition) is 3. The van der Waals surface area contributed by atoms with Crippen molar-refractivity contribution in [2.45, 2.75) is 6.42 Å². The second-order valence-corrected chi connectivity index (χ2v) is 3.48. The quantitative estimate of drug-likeness (QED) is 0.427. The van der Waals surface area contributed by atoms with Gasteiger partial charge in [-0.25, -0.2) is 0 Å². The van der Waals surface area contributed by atoms with Crippen LogP contribution in [-0.4, -0.2) is 36.3 Å². The van der Waals surface area contributed by atoms with E-state index < -0.39 is 5.91 Å². The molecule has 3 amide bonds. The van der Waals surface area contributed by atoms with E-state index in [1.807, 2.05) is 0 Å². The van der Waals surface area contributed by atoms with Crippen LogP contribution in [0.5, 0.6) is 0 Å². The first-order chi connectivity index (χ1) is 8.65. The van der Waals surface area contributed by atoms with Crippen molar-refractivity contribution >= 4 is 18.2 Å². The highest BCUT2D eigenvalue weighted by molar-refractivity contribution is 5.95. The molecule has 4 N–H and O–H groups in total. The molecule has 1 heterocycles. The summed E-state index contributed by atoms with van der Waals surface area (Å²) >= 11 is 0. The summed E-state index contributed by atoms with van der Waals surface area (Å²) in [5.41, 5.74) is 5.49. The molecule has 7 heteroatoms. The fraction of sp³-hybridized carbons (Fsp3) is 0.273. The topological polar surface area (TPSA) is 114 Å². The molecular weight excluding hydrogens is 236 g/mol. The zero-order valence-corrected chi connectivity index (χ0v) is 9.68. The molecule has 0 fully saturated rings. The Morgan fingerprint density at radius 2 is 2.11 bits per heavy atom. The average Bonchev–Trinajstić information content (AvgIpc) is 2.38. The lowest BCUT2D eigenvalue weighted by molar-refractivity contribution is -0.109. The number of nitrogens with two attached hydrogens (primary N) is 1. The second kappa shape index (κ2) is 7.00. The van der Waals surface area contributed by atoms with Crippen LogP contribution < -0.4 is 16.4 Å². The number of primary amides is 1. The summed E-state index contributed by atoms with van der Waals surface area (Å²) in [5, 5.41) is 5.14. The lowest BCUT2D eigenvalue weighted by Gasteiger charge is -2.04. The number of carbonyl (C=O) groups excluding carboxylic acids is 3. The van der Waals surface area contributed by atoms with Crippen molar-refractivity contribution < 1.29 is 14.4 Å². The monoisotopic (exact) mass is 250 g/mol. The molecule has 0 aliphatic heterocycles. The Morgan fingerprint density at radius 3 is 2.67 bits per heavy atom. The molecule has 0 bridgehead atoms. The summed E-state index contributed by atoms with van der Waals surface area (Å²) in [7, 11) is 0. The zero-order valence-electron chi connectivity index (χ0n) is 9.68. The van der Waals surface area contributed by atoms with Crippen LogP contribution in [-0.2, 0) is 4.79 Å². The van der Waals surface area contributed by atoms with Crippen LogP contribution in [0.4, 0.5) is 0 Å². The van der Waals surface area contributed by atoms with Crippen molar-refractivity contribution in [3.05, 3.63) is 29.6 Å². The summed E-state index contributed by atoms with van der Waals surface area (Å²) < 4.78 is 0. The van der Waals surface area contributed by atoms with Crippen molar-refractivity contribution in [1.82, 2.24) is 15.6 Å². The number of pyridine rings is 1. The molecule has 0 unspecified atom stereocenters. The maximum atomic E-state index is 11.6. The van der Waals surface area contributed by atoms with Gasteiger partial charge in [-0.15, -0.1) is 0 Å². The van der Waals surface area contributed by atoms with Gasteiger partial charge in [0.25, 0.3) is 11.8 Å². The van der Waals surface area contributed by atoms with Gasteiger partial charge in [-0.1, -0.05) is 0 Å². The number of carbonyl (C=O) groups is 3. The average molecular weight is 250 g/mol. The van der Waals surface area contributed by atoms with Gasteiger partial charge in [0.2, 0.25) is 6.41 Å². The molecule has 0 saturated heterocycles. The Kier molecular flexibility index (Phi) is 5.30. The Morgan fingerprint density at radius 1 is 1.33 bits per heavy atom. The normalized spacial score (nSPS) is 9.56. The van der Waals surface area contributed by atoms with Crippen LogP contribution in [0.1, 0.15) is 27.3 Å². The molecule has 0 spiro atoms. The molecule has 1 aromatic rings. The number of nitrogens with zero attached hydrogens (tertiary/aromatic N) is 1. The molecule has 1 aromatic heterocycles. The maximum absolute atomic E-state index is 11.6. The second-order valence-electron chi connectivity index (χ2n) is 3.48. The molecule has 0 aliphatic rings. The van der Waals surface area contributed by atoms with Gasteiger partial charge in [0, 0.05) is 19.3 Å². The van der Waals surface area contributed by atoms with Crippen LogP contribution in [0.2, 0.25) is 0 Å². The van der Waals surface area contributed by atoms with Gasteiger partial charge in [0.15, 0.2) is 0 Å². The third-order valence-electron chi connectivity index (χ3n) is 2.14. The van der Waals surface area contributed by atoms with Crippen molar-refractivity contribution in [2.24, 2.45) is 5.73 Å². The van der Waals surface area contributed by atoms with E-state index in [0.717, 1.165) is 0 Å². The SMILES string of the molecule is NC(=O)c1ccc(C(=O)NCCCNC=O)cn1. The molecule has 96 valence electrons. The largest absolute Gasteiger partial charge is 0.364 e. The Labute approximate surface area is 104 Å². The molecule has 0 aliphatic carbocycles. The van der Waals surface area contributed by atoms with Crippen molar-refractivity contribution in [2.75, 3.05) is 13.1 Å². The highest BCUT2D eigenvalue weighted by atomic mass is 16.2. The zero-order chi connectivity index (χ0) is 13.4. The Balaban J connectivity index is 2.41. The Bertz CT molecular complexity index is 430. The van der Waals surface area contributed by atoms with Crippen molar-refractivity contribution in [3.8, 4) is 0 Å². The molecule has 0 atom stereocenters. The minimum absolute atomic E-state index is 0.113. The van der Waals surface area contributed by atoms with Gasteiger partial charge in [0.1, 0.15) is 5.69 Å². The highest BCUT2D eigenvalue weighted by Crippen LogP contribution is 1.99. The van der Waals surface area contributed by atoms with E-state index in [9.17, 15) is 14.4 Å². The first-order valence-electron chi connectivity index (χ1n) is 5.36. The fourth-order valence-corrected chi connectivity index (χ4v) is 1.23. The number of amides is 3. The maximum Gasteiger partial charge on any atom is 0.267 e. The summed E-state index contributed by atoms with van der Waals surface area (Å²) in [6, 6.07) is 2.87. The Hall–Kier alpha value is -2.44. The minimum atomic E-state index is -0.637. The fourth-order valence-electron chi connectivity index (χ4n) is 1.23. The van der Waals surface area contributed by atoms with Gasteiger partial charge in [0.05, 0.1) is 5.56 Å². The molecule has 0 aromatic carbocycles. The lowest BCUT2D eigenvalue weighted by Crippen LogP contribution is -2.27. The van der Waals surface area contributed by atoms with E-state index in [1.54, 1.807) is 0 Å². The van der Waals surface area contributed by atoms with Gasteiger partial charge >= 0.3 is 0 Å². The molecule has 7 nitrogen and oxygen atoms in total. The molecule has 1 rings (SSSR count). The standard InChI is InChI=1S/C11H14N4O3/c12-10(17)9-3-2-8(6-15-9)11(18)14-5-1-4-13-7-16/h2-3,6-7H,1,4-5H2,(H2,12,17)(H,13,16)(H,14,18). The van der Waals surface area contributed by atoms with E-state index in [-0.39, 0.29) is 11.6 Å². The molecule has 0 radical (unpaired) electrons. The predicted octanol–water partition coefficient (Wildman–Crippen LogP) is -0.954. The van der Waals surface area contributed by atoms with Crippen LogP contribution in [0.25, 0.3) is 0 Å². The number of rotatable bonds is 7. The lowest BCUT2D eigenvalue weighted by atomic mass is 10.2. The van der Waals surface area contributed by atoms with E-state index in [0.29, 0.717) is 31.5 Å². The van der Waals surface area contributed by atoms with E-state index in [2.05, 4.69) is 15.6 Å². The van der Waals surface area contributed by atoms with Gasteiger partial charge in [-0.2, -0.15) is 0 Å². The number of nitrogens with one attached hydrogen (secondary N) is 2. The van der Waals surface area contributed by atoms with Gasteiger partial charge < -0.3 is 16.4 Å². The van der Waals surface area contributed by atoms with Crippen LogP contribution in [0, 0.1) is 0 Å². The third kappa shape index (κ3) is 4.20. The minimum Gasteiger partial charge on any atom is -0.364 e. The first-order valence-corrected chi connectivity index (χ1v) is 5.36. The molecular formula is C11H14N4O3. The summed E-state index contributed by atoms with van der Waals surface area (Å²) in [6.45, 7) is 0.944. The van der Waals surface area contributed by atoms with E-state index >= 15 is 0 Å². The molecule has 18 heavy (non-hydrogen) atoms. The van der Waals surface area contributed by atoms with Crippen molar-refractivity contribution in [3.63, 3.8) is 0 Å². The third-order valence-corrected chi connectivity index (χ3v) is 2.14. The van der Waals surface area contributed by atoms with Crippen LogP contribution in [0.3, 0.4) is 0 Å². The van der Waals surface area contributed by atoms with Gasteiger partial charge in [-0.05, 0) is 18.6 Å². The number of hydrogen-bond acceptors (Lipinski definition) is 4. The molecule has 0 saturated carbocycles. The number of aromatic nitrogens is 1.